The zero-order chi connectivity index (χ0) is 24.1. The molecule has 0 saturated carbocycles. The van der Waals surface area contributed by atoms with E-state index in [2.05, 4.69) is 20.6 Å². The van der Waals surface area contributed by atoms with Crippen molar-refractivity contribution in [1.82, 2.24) is 15.3 Å². The summed E-state index contributed by atoms with van der Waals surface area (Å²) in [6.45, 7) is 0.633. The molecule has 11 nitrogen and oxygen atoms in total. The van der Waals surface area contributed by atoms with Crippen molar-refractivity contribution in [1.29, 1.82) is 0 Å². The normalized spacial score (nSPS) is 15.7. The van der Waals surface area contributed by atoms with Crippen LogP contribution in [0, 0.1) is 5.92 Å². The van der Waals surface area contributed by atoms with Crippen LogP contribution >= 0.6 is 11.6 Å². The van der Waals surface area contributed by atoms with Gasteiger partial charge in [0.2, 0.25) is 5.95 Å². The second-order valence-corrected chi connectivity index (χ2v) is 8.28. The van der Waals surface area contributed by atoms with E-state index in [1.165, 1.54) is 6.07 Å². The van der Waals surface area contributed by atoms with Gasteiger partial charge in [-0.25, -0.2) is 4.79 Å². The zero-order valence-electron chi connectivity index (χ0n) is 17.6. The quantitative estimate of drug-likeness (QED) is 0.309. The molecule has 0 radical (unpaired) electrons. The first-order valence-electron chi connectivity index (χ1n) is 10.3. The minimum atomic E-state index is -1.32. The second kappa shape index (κ2) is 10.3. The average Bonchev–Trinajstić information content (AvgIpc) is 2.75. The van der Waals surface area contributed by atoms with E-state index in [0.717, 1.165) is 12.0 Å². The first kappa shape index (κ1) is 24.1. The highest BCUT2D eigenvalue weighted by Gasteiger charge is 2.24. The van der Waals surface area contributed by atoms with Crippen molar-refractivity contribution in [2.75, 3.05) is 17.6 Å². The molecule has 3 rings (SSSR count). The number of anilines is 2. The summed E-state index contributed by atoms with van der Waals surface area (Å²) < 4.78 is 0. The maximum absolute atomic E-state index is 12.4. The van der Waals surface area contributed by atoms with Crippen molar-refractivity contribution in [3.63, 3.8) is 0 Å². The first-order valence-corrected chi connectivity index (χ1v) is 10.7. The highest BCUT2D eigenvalue weighted by Crippen LogP contribution is 2.26. The third kappa shape index (κ3) is 6.22. The van der Waals surface area contributed by atoms with E-state index in [9.17, 15) is 24.3 Å². The number of halogens is 1. The Morgan fingerprint density at radius 1 is 1.30 bits per heavy atom. The van der Waals surface area contributed by atoms with Gasteiger partial charge in [-0.15, -0.1) is 0 Å². The van der Waals surface area contributed by atoms with Gasteiger partial charge in [-0.05, 0) is 49.3 Å². The molecule has 0 bridgehead atoms. The number of hydrogen-bond donors (Lipinski definition) is 6. The molecule has 1 aliphatic rings. The van der Waals surface area contributed by atoms with Gasteiger partial charge < -0.3 is 26.6 Å². The predicted octanol–water partition coefficient (Wildman–Crippen LogP) is 1.27. The maximum Gasteiger partial charge on any atom is 0.326 e. The van der Waals surface area contributed by atoms with Crippen molar-refractivity contribution in [3.05, 3.63) is 50.3 Å². The van der Waals surface area contributed by atoms with Crippen molar-refractivity contribution in [3.8, 4) is 0 Å². The molecule has 12 heteroatoms. The Balaban J connectivity index is 1.60. The number of aromatic amines is 1. The lowest BCUT2D eigenvalue weighted by atomic mass is 9.91. The summed E-state index contributed by atoms with van der Waals surface area (Å²) in [6, 6.07) is 3.37. The number of aliphatic carboxylic acids is 2. The lowest BCUT2D eigenvalue weighted by Crippen LogP contribution is -2.41. The Morgan fingerprint density at radius 2 is 2.06 bits per heavy atom. The summed E-state index contributed by atoms with van der Waals surface area (Å²) in [5.74, 6) is -2.37. The van der Waals surface area contributed by atoms with E-state index in [0.29, 0.717) is 35.8 Å². The fourth-order valence-corrected chi connectivity index (χ4v) is 3.95. The van der Waals surface area contributed by atoms with Gasteiger partial charge in [0.05, 0.1) is 5.56 Å². The molecule has 1 amide bonds. The van der Waals surface area contributed by atoms with Gasteiger partial charge in [0.25, 0.3) is 11.5 Å². The molecule has 0 saturated heterocycles. The van der Waals surface area contributed by atoms with Gasteiger partial charge in [-0.1, -0.05) is 17.7 Å². The number of nitrogens with one attached hydrogen (secondary N) is 3. The Bertz CT molecular complexity index is 1130. The maximum atomic E-state index is 12.4. The van der Waals surface area contributed by atoms with Crippen LogP contribution in [0.1, 0.15) is 40.7 Å². The number of rotatable bonds is 9. The van der Waals surface area contributed by atoms with Gasteiger partial charge in [-0.2, -0.15) is 4.98 Å². The van der Waals surface area contributed by atoms with Crippen LogP contribution in [0.15, 0.2) is 23.0 Å². The first-order chi connectivity index (χ1) is 15.6. The largest absolute Gasteiger partial charge is 0.481 e. The molecule has 1 aromatic carbocycles. The molecule has 0 spiro atoms. The highest BCUT2D eigenvalue weighted by atomic mass is 35.5. The lowest BCUT2D eigenvalue weighted by Gasteiger charge is -2.24. The molecule has 2 heterocycles. The van der Waals surface area contributed by atoms with E-state index in [-0.39, 0.29) is 35.8 Å². The third-order valence-electron chi connectivity index (χ3n) is 5.47. The molecule has 2 atom stereocenters. The van der Waals surface area contributed by atoms with Crippen molar-refractivity contribution >= 4 is 41.2 Å². The zero-order valence-corrected chi connectivity index (χ0v) is 18.3. The Labute approximate surface area is 193 Å². The van der Waals surface area contributed by atoms with Crippen LogP contribution in [0.4, 0.5) is 11.8 Å². The van der Waals surface area contributed by atoms with E-state index < -0.39 is 23.9 Å². The number of aryl methyl sites for hydroxylation is 1. The molecule has 1 unspecified atom stereocenters. The number of carbonyl (C=O) groups excluding carboxylic acids is 1. The summed E-state index contributed by atoms with van der Waals surface area (Å²) >= 11 is 6.35. The number of hydrogen-bond acceptors (Lipinski definition) is 7. The van der Waals surface area contributed by atoms with Crippen LogP contribution in [-0.4, -0.2) is 50.6 Å². The summed E-state index contributed by atoms with van der Waals surface area (Å²) in [4.78, 5) is 53.1. The highest BCUT2D eigenvalue weighted by molar-refractivity contribution is 6.31. The Morgan fingerprint density at radius 3 is 2.73 bits per heavy atom. The fourth-order valence-electron chi connectivity index (χ4n) is 3.67. The van der Waals surface area contributed by atoms with Crippen molar-refractivity contribution < 1.29 is 24.6 Å². The number of benzene rings is 1. The number of nitrogen functional groups attached to an aromatic ring is 1. The molecule has 1 aromatic heterocycles. The SMILES string of the molecule is Nc1nc2c(c(=O)[nH]1)CC(CCc1ccc(C(=O)N[C@@H](CCC(=O)O)C(=O)O)cc1Cl)CN2. The van der Waals surface area contributed by atoms with Gasteiger partial charge in [0.1, 0.15) is 11.9 Å². The summed E-state index contributed by atoms with van der Waals surface area (Å²) in [7, 11) is 0. The Hall–Kier alpha value is -3.60. The summed E-state index contributed by atoms with van der Waals surface area (Å²) in [5, 5.41) is 23.7. The topological polar surface area (TPSA) is 187 Å². The second-order valence-electron chi connectivity index (χ2n) is 7.87. The van der Waals surface area contributed by atoms with Crippen molar-refractivity contribution in [2.45, 2.75) is 38.1 Å². The average molecular weight is 478 g/mol. The predicted molar refractivity (Wildman–Crippen MR) is 120 cm³/mol. The van der Waals surface area contributed by atoms with E-state index in [1.54, 1.807) is 12.1 Å². The molecule has 7 N–H and O–H groups in total. The number of carboxylic acids is 2. The Kier molecular flexibility index (Phi) is 7.54. The van der Waals surface area contributed by atoms with Crippen LogP contribution in [0.25, 0.3) is 0 Å². The molecule has 0 aliphatic carbocycles. The standard InChI is InChI=1S/C21H24ClN5O6/c22-14-8-12(18(30)25-15(20(32)33)5-6-16(28)29)4-3-11(14)2-1-10-7-13-17(24-9-10)26-21(23)27-19(13)31/h3-4,8,10,15H,1-2,5-7,9H2,(H,25,30)(H,28,29)(H,32,33)(H4,23,24,26,27,31)/t10?,15-/m0/s1. The number of carboxylic acid groups (broad SMARTS) is 2. The molecule has 176 valence electrons. The van der Waals surface area contributed by atoms with E-state index in [1.807, 2.05) is 0 Å². The monoisotopic (exact) mass is 477 g/mol. The third-order valence-corrected chi connectivity index (χ3v) is 5.82. The van der Waals surface area contributed by atoms with Crippen LogP contribution in [0.2, 0.25) is 5.02 Å². The van der Waals surface area contributed by atoms with Crippen LogP contribution in [-0.2, 0) is 22.4 Å². The van der Waals surface area contributed by atoms with E-state index in [4.69, 9.17) is 22.4 Å². The van der Waals surface area contributed by atoms with Crippen LogP contribution < -0.4 is 21.9 Å². The lowest BCUT2D eigenvalue weighted by molar-refractivity contribution is -0.140. The number of H-pyrrole nitrogens is 1. The number of fused-ring (bicyclic) bond motifs is 1. The molecular weight excluding hydrogens is 454 g/mol. The summed E-state index contributed by atoms with van der Waals surface area (Å²) in [5.41, 5.74) is 6.86. The van der Waals surface area contributed by atoms with Gasteiger partial charge in [-0.3, -0.25) is 19.4 Å². The molecule has 2 aromatic rings. The number of nitrogens with zero attached hydrogens (tertiary/aromatic N) is 1. The molecule has 33 heavy (non-hydrogen) atoms. The van der Waals surface area contributed by atoms with E-state index >= 15 is 0 Å². The van der Waals surface area contributed by atoms with Gasteiger partial charge >= 0.3 is 11.9 Å². The fraction of sp³-hybridized carbons (Fsp3) is 0.381. The number of carbonyl (C=O) groups is 3. The minimum Gasteiger partial charge on any atom is -0.481 e. The number of amides is 1. The van der Waals surface area contributed by atoms with Gasteiger partial charge in [0.15, 0.2) is 0 Å². The number of nitrogens with two attached hydrogens (primary N) is 1. The number of aromatic nitrogens is 2. The molecule has 0 fully saturated rings. The van der Waals surface area contributed by atoms with Gasteiger partial charge in [0, 0.05) is 23.6 Å². The smallest absolute Gasteiger partial charge is 0.326 e. The van der Waals surface area contributed by atoms with Crippen molar-refractivity contribution in [2.24, 2.45) is 5.92 Å². The minimum absolute atomic E-state index is 0.0668. The summed E-state index contributed by atoms with van der Waals surface area (Å²) in [6.07, 6.45) is 1.28. The molecular formula is C21H24ClN5O6. The van der Waals surface area contributed by atoms with Crippen LogP contribution in [0.5, 0.6) is 0 Å². The van der Waals surface area contributed by atoms with Crippen LogP contribution in [0.3, 0.4) is 0 Å². The molecule has 1 aliphatic heterocycles.